The monoisotopic (exact) mass is 525 g/mol. The number of anilines is 2. The van der Waals surface area contributed by atoms with Gasteiger partial charge in [0.2, 0.25) is 5.83 Å². The van der Waals surface area contributed by atoms with Gasteiger partial charge in [-0.2, -0.15) is 4.39 Å². The summed E-state index contributed by atoms with van der Waals surface area (Å²) in [6.07, 6.45) is 1.98. The average molecular weight is 526 g/mol. The van der Waals surface area contributed by atoms with Crippen LogP contribution >= 0.6 is 15.9 Å². The van der Waals surface area contributed by atoms with Gasteiger partial charge < -0.3 is 14.4 Å². The molecule has 0 spiro atoms. The van der Waals surface area contributed by atoms with Gasteiger partial charge in [-0.1, -0.05) is 32.0 Å². The molecule has 0 N–H and O–H groups in total. The zero-order valence-electron chi connectivity index (χ0n) is 18.1. The molecule has 1 heterocycles. The van der Waals surface area contributed by atoms with Gasteiger partial charge in [-0.25, -0.2) is 13.2 Å². The third kappa shape index (κ3) is 4.83. The van der Waals surface area contributed by atoms with Crippen molar-refractivity contribution in [3.8, 4) is 5.75 Å². The topological polar surface area (TPSA) is 72.9 Å². The van der Waals surface area contributed by atoms with E-state index in [9.17, 15) is 17.6 Å². The molecule has 2 aromatic rings. The molecular formula is C23H25BrFNO5S. The minimum Gasteiger partial charge on any atom is -0.464 e. The third-order valence-corrected chi connectivity index (χ3v) is 8.48. The normalized spacial score (nSPS) is 17.3. The molecule has 0 bridgehead atoms. The van der Waals surface area contributed by atoms with Crippen LogP contribution in [-0.2, 0) is 19.4 Å². The molecule has 0 unspecified atom stereocenters. The Morgan fingerprint density at radius 1 is 1.22 bits per heavy atom. The first-order valence-corrected chi connectivity index (χ1v) is 12.6. The van der Waals surface area contributed by atoms with Crippen LogP contribution in [0.5, 0.6) is 5.75 Å². The molecule has 0 atom stereocenters. The molecule has 0 saturated carbocycles. The van der Waals surface area contributed by atoms with E-state index in [0.29, 0.717) is 35.8 Å². The summed E-state index contributed by atoms with van der Waals surface area (Å²) < 4.78 is 50.8. The van der Waals surface area contributed by atoms with Gasteiger partial charge in [0.15, 0.2) is 9.84 Å². The number of carbonyl (C=O) groups excluding carboxylic acids is 1. The molecular weight excluding hydrogens is 501 g/mol. The Kier molecular flexibility index (Phi) is 7.29. The number of para-hydroxylation sites is 1. The van der Waals surface area contributed by atoms with Crippen molar-refractivity contribution in [2.24, 2.45) is 5.41 Å². The van der Waals surface area contributed by atoms with Gasteiger partial charge in [0, 0.05) is 23.7 Å². The van der Waals surface area contributed by atoms with E-state index in [0.717, 1.165) is 12.8 Å². The predicted octanol–water partition coefficient (Wildman–Crippen LogP) is 5.54. The molecule has 0 saturated heterocycles. The molecule has 2 aromatic carbocycles. The van der Waals surface area contributed by atoms with Crippen molar-refractivity contribution in [1.29, 1.82) is 0 Å². The number of hydrogen-bond donors (Lipinski definition) is 0. The SMILES string of the molecule is CCC1(CC)CN(c2ccccc2)c2cc(Br)c(O/C=C(\F)C(=O)OC)cc2S(=O)(=O)C1. The van der Waals surface area contributed by atoms with Crippen molar-refractivity contribution in [1.82, 2.24) is 0 Å². The second kappa shape index (κ2) is 9.62. The van der Waals surface area contributed by atoms with Gasteiger partial charge in [0.25, 0.3) is 0 Å². The lowest BCUT2D eigenvalue weighted by Crippen LogP contribution is -2.37. The van der Waals surface area contributed by atoms with E-state index in [1.807, 2.05) is 49.1 Å². The number of halogens is 2. The number of rotatable bonds is 6. The summed E-state index contributed by atoms with van der Waals surface area (Å²) in [4.78, 5) is 13.4. The maximum absolute atomic E-state index is 13.8. The number of nitrogens with zero attached hydrogens (tertiary/aromatic N) is 1. The van der Waals surface area contributed by atoms with Crippen LogP contribution in [0.4, 0.5) is 15.8 Å². The number of benzene rings is 2. The zero-order chi connectivity index (χ0) is 23.5. The second-order valence-corrected chi connectivity index (χ2v) is 10.5. The third-order valence-electron chi connectivity index (χ3n) is 5.87. The zero-order valence-corrected chi connectivity index (χ0v) is 20.5. The molecule has 172 valence electrons. The predicted molar refractivity (Wildman–Crippen MR) is 124 cm³/mol. The average Bonchev–Trinajstić information content (AvgIpc) is 2.89. The van der Waals surface area contributed by atoms with Crippen molar-refractivity contribution in [3.63, 3.8) is 0 Å². The number of sulfone groups is 1. The van der Waals surface area contributed by atoms with Crippen LogP contribution in [0.1, 0.15) is 26.7 Å². The van der Waals surface area contributed by atoms with E-state index in [-0.39, 0.29) is 16.4 Å². The fourth-order valence-electron chi connectivity index (χ4n) is 3.80. The molecule has 0 aromatic heterocycles. The smallest absolute Gasteiger partial charge is 0.370 e. The van der Waals surface area contributed by atoms with Crippen molar-refractivity contribution >= 4 is 43.1 Å². The first kappa shape index (κ1) is 24.3. The molecule has 3 rings (SSSR count). The minimum absolute atomic E-state index is 0.0171. The van der Waals surface area contributed by atoms with E-state index < -0.39 is 27.0 Å². The number of ether oxygens (including phenoxy) is 2. The van der Waals surface area contributed by atoms with Crippen LogP contribution in [0.15, 0.2) is 63.9 Å². The van der Waals surface area contributed by atoms with Gasteiger partial charge in [-0.05, 0) is 47.0 Å². The summed E-state index contributed by atoms with van der Waals surface area (Å²) in [7, 11) is -2.65. The Morgan fingerprint density at radius 2 is 1.88 bits per heavy atom. The van der Waals surface area contributed by atoms with Crippen molar-refractivity contribution in [2.45, 2.75) is 31.6 Å². The highest BCUT2D eigenvalue weighted by Gasteiger charge is 2.41. The lowest BCUT2D eigenvalue weighted by Gasteiger charge is -2.35. The highest BCUT2D eigenvalue weighted by Crippen LogP contribution is 2.46. The molecule has 6 nitrogen and oxygen atoms in total. The maximum atomic E-state index is 13.8. The molecule has 1 aliphatic rings. The first-order chi connectivity index (χ1) is 15.2. The summed E-state index contributed by atoms with van der Waals surface area (Å²) in [5, 5.41) is 0. The standard InChI is InChI=1S/C23H25BrFNO5S/c1-4-23(5-2)14-26(16-9-7-6-8-10-16)19-11-17(24)20(12-21(19)32(28,29)15-23)31-13-18(25)22(27)30-3/h6-13H,4-5,14-15H2,1-3H3/b18-13-. The molecule has 0 radical (unpaired) electrons. The molecule has 32 heavy (non-hydrogen) atoms. The highest BCUT2D eigenvalue weighted by molar-refractivity contribution is 9.10. The molecule has 1 aliphatic heterocycles. The molecule has 9 heteroatoms. The summed E-state index contributed by atoms with van der Waals surface area (Å²) >= 11 is 3.39. The van der Waals surface area contributed by atoms with E-state index in [4.69, 9.17) is 4.74 Å². The molecule has 0 aliphatic carbocycles. The van der Waals surface area contributed by atoms with Gasteiger partial charge in [-0.15, -0.1) is 0 Å². The fraction of sp³-hybridized carbons (Fsp3) is 0.348. The van der Waals surface area contributed by atoms with Crippen LogP contribution in [0.25, 0.3) is 0 Å². The molecule has 0 amide bonds. The van der Waals surface area contributed by atoms with Crippen LogP contribution in [-0.4, -0.2) is 33.8 Å². The number of hydrogen-bond acceptors (Lipinski definition) is 6. The summed E-state index contributed by atoms with van der Waals surface area (Å²) in [5.74, 6) is -2.37. The van der Waals surface area contributed by atoms with Crippen LogP contribution in [0.3, 0.4) is 0 Å². The Labute approximate surface area is 196 Å². The fourth-order valence-corrected chi connectivity index (χ4v) is 6.46. The largest absolute Gasteiger partial charge is 0.464 e. The Hall–Kier alpha value is -2.39. The quantitative estimate of drug-likeness (QED) is 0.280. The van der Waals surface area contributed by atoms with Gasteiger partial charge in [0.05, 0.1) is 27.9 Å². The number of methoxy groups -OCH3 is 1. The first-order valence-electron chi connectivity index (χ1n) is 10.2. The number of esters is 1. The molecule has 0 fully saturated rings. The summed E-state index contributed by atoms with van der Waals surface area (Å²) in [6, 6.07) is 12.6. The van der Waals surface area contributed by atoms with Gasteiger partial charge in [-0.3, -0.25) is 0 Å². The summed E-state index contributed by atoms with van der Waals surface area (Å²) in [6.45, 7) is 4.53. The van der Waals surface area contributed by atoms with Crippen LogP contribution in [0, 0.1) is 5.41 Å². The number of fused-ring (bicyclic) bond motifs is 1. The Bertz CT molecular complexity index is 1130. The van der Waals surface area contributed by atoms with Crippen molar-refractivity contribution < 1.29 is 27.1 Å². The Balaban J connectivity index is 2.18. The Morgan fingerprint density at radius 3 is 2.47 bits per heavy atom. The lowest BCUT2D eigenvalue weighted by atomic mass is 9.83. The van der Waals surface area contributed by atoms with Crippen LogP contribution < -0.4 is 9.64 Å². The number of carbonyl (C=O) groups is 1. The minimum atomic E-state index is -3.70. The van der Waals surface area contributed by atoms with E-state index in [1.54, 1.807) is 6.07 Å². The lowest BCUT2D eigenvalue weighted by molar-refractivity contribution is -0.137. The van der Waals surface area contributed by atoms with Gasteiger partial charge >= 0.3 is 5.97 Å². The van der Waals surface area contributed by atoms with Crippen molar-refractivity contribution in [2.75, 3.05) is 24.3 Å². The highest BCUT2D eigenvalue weighted by atomic mass is 79.9. The summed E-state index contributed by atoms with van der Waals surface area (Å²) in [5.41, 5.74) is 0.934. The maximum Gasteiger partial charge on any atom is 0.370 e. The van der Waals surface area contributed by atoms with E-state index in [2.05, 4.69) is 20.7 Å². The van der Waals surface area contributed by atoms with E-state index in [1.165, 1.54) is 6.07 Å². The second-order valence-electron chi connectivity index (χ2n) is 7.71. The van der Waals surface area contributed by atoms with E-state index >= 15 is 0 Å². The van der Waals surface area contributed by atoms with Crippen LogP contribution in [0.2, 0.25) is 0 Å². The van der Waals surface area contributed by atoms with Crippen molar-refractivity contribution in [3.05, 3.63) is 59.0 Å². The van der Waals surface area contributed by atoms with Gasteiger partial charge in [0.1, 0.15) is 12.0 Å².